The van der Waals surface area contributed by atoms with E-state index in [-0.39, 0.29) is 0 Å². The van der Waals surface area contributed by atoms with Gasteiger partial charge >= 0.3 is 33.7 Å². The first kappa shape index (κ1) is 66.5. The van der Waals surface area contributed by atoms with E-state index in [1.165, 1.54) is 0 Å². The Hall–Kier alpha value is 5.14. The maximum absolute atomic E-state index is 4.62. The second-order valence-corrected chi connectivity index (χ2v) is 108. The van der Waals surface area contributed by atoms with Crippen molar-refractivity contribution >= 4 is 114 Å². The Morgan fingerprint density at radius 3 is 0.308 bits per heavy atom. The van der Waals surface area contributed by atoms with E-state index in [2.05, 4.69) is 155 Å². The average Bonchev–Trinajstić information content (AvgIpc) is 3.36. The normalized spacial score (nSPS) is 9.54. The van der Waals surface area contributed by atoms with Crippen LogP contribution in [0, 0.1) is 0 Å². The van der Waals surface area contributed by atoms with Crippen LogP contribution in [0.3, 0.4) is 0 Å². The van der Waals surface area contributed by atoms with Gasteiger partial charge in [0.25, 0.3) is 0 Å². The van der Waals surface area contributed by atoms with E-state index in [1.807, 2.05) is 83.1 Å². The van der Waals surface area contributed by atoms with Crippen LogP contribution in [0.5, 0.6) is 0 Å². The molecule has 1 rings (SSSR count). The van der Waals surface area contributed by atoms with E-state index >= 15 is 0 Å². The van der Waals surface area contributed by atoms with Gasteiger partial charge in [0.2, 0.25) is 0 Å². The molecule has 1 aliphatic rings. The van der Waals surface area contributed by atoms with Crippen LogP contribution in [0.15, 0.2) is 0 Å². The Bertz CT molecular complexity index is 321. The van der Waals surface area contributed by atoms with Gasteiger partial charge in [0, 0.05) is 0 Å². The summed E-state index contributed by atoms with van der Waals surface area (Å²) in [6.07, 6.45) is 0. The summed E-state index contributed by atoms with van der Waals surface area (Å²) in [6.45, 7) is 36.3. The third-order valence-corrected chi connectivity index (χ3v) is 29.6. The Labute approximate surface area is 314 Å². The zero-order valence-corrected chi connectivity index (χ0v) is 44.3. The molecule has 0 atom stereocenters. The Morgan fingerprint density at radius 1 is 0.282 bits per heavy atom. The van der Waals surface area contributed by atoms with E-state index in [0.717, 1.165) is 33.7 Å². The van der Waals surface area contributed by atoms with E-state index in [1.54, 1.807) is 0 Å². The first-order valence-corrected chi connectivity index (χ1v) is 45.9. The second-order valence-electron chi connectivity index (χ2n) is 9.92. The van der Waals surface area contributed by atoms with Gasteiger partial charge in [0.15, 0.2) is 0 Å². The van der Waals surface area contributed by atoms with Crippen molar-refractivity contribution in [1.82, 2.24) is 0 Å². The van der Waals surface area contributed by atoms with Crippen molar-refractivity contribution in [2.24, 2.45) is 0 Å². The molecule has 0 radical (unpaired) electrons. The Morgan fingerprint density at radius 2 is 0.308 bits per heavy atom. The molecule has 12 heteroatoms. The first-order valence-electron chi connectivity index (χ1n) is 13.1. The van der Waals surface area contributed by atoms with Crippen LogP contribution in [-0.2, 0) is 147 Å². The standard InChI is InChI=1S/9C3H8S.3Re/c9*1-3(2)4;;;/h9*3-4H,1-2H3;;;/p-3. The summed E-state index contributed by atoms with van der Waals surface area (Å²) in [6, 6.07) is 0. The monoisotopic (exact) mass is 1240 g/mol. The van der Waals surface area contributed by atoms with Gasteiger partial charge in [-0.05, 0) is 79.4 Å². The molecule has 0 nitrogen and oxygen atoms in total. The molecular formula is C27H69Re3S9-3. The fourth-order valence-corrected chi connectivity index (χ4v) is 0. The molecule has 1 aliphatic heterocycles. The van der Waals surface area contributed by atoms with E-state index in [4.69, 9.17) is 0 Å². The Balaban J connectivity index is -0.0000000366. The molecule has 0 unspecified atom stereocenters. The van der Waals surface area contributed by atoms with Crippen LogP contribution in [0.2, 0.25) is 0 Å². The maximum atomic E-state index is 4.62. The van der Waals surface area contributed by atoms with Crippen LogP contribution < -0.4 is 0 Å². The van der Waals surface area contributed by atoms with Gasteiger partial charge in [-0.3, -0.25) is 0 Å². The molecule has 0 saturated carbocycles. The van der Waals surface area contributed by atoms with E-state index in [0.29, 0.717) is 47.2 Å². The minimum atomic E-state index is 0.417. The fraction of sp³-hybridized carbons (Fsp3) is 1.00. The van der Waals surface area contributed by atoms with Gasteiger partial charge < -0.3 is 75.8 Å². The van der Waals surface area contributed by atoms with E-state index < -0.39 is 0 Å². The molecule has 0 fully saturated rings. The van der Waals surface area contributed by atoms with Crippen molar-refractivity contribution < 1.29 is 33.7 Å². The van der Waals surface area contributed by atoms with Gasteiger partial charge in [-0.25, -0.2) is 0 Å². The zero-order valence-electron chi connectivity index (χ0n) is 28.3. The minimum absolute atomic E-state index is 0.417. The van der Waals surface area contributed by atoms with Gasteiger partial charge in [-0.15, -0.1) is 0 Å². The number of rotatable bonds is 0. The van der Waals surface area contributed by atoms with Crippen LogP contribution in [-0.4, -0.2) is 47.2 Å². The predicted octanol–water partition coefficient (Wildman–Crippen LogP) is 6.86. The van der Waals surface area contributed by atoms with Crippen molar-refractivity contribution in [3.63, 3.8) is 0 Å². The topological polar surface area (TPSA) is 0 Å². The summed E-state index contributed by atoms with van der Waals surface area (Å²) in [5, 5.41) is 4.42. The molecule has 0 N–H and O–H groups in total. The van der Waals surface area contributed by atoms with Crippen LogP contribution in [0.1, 0.15) is 125 Å². The molecule has 0 amide bonds. The molecule has 0 aromatic carbocycles. The molecule has 0 spiro atoms. The molecule has 0 saturated heterocycles. The van der Waals surface area contributed by atoms with Gasteiger partial charge in [-0.1, -0.05) is 83.1 Å². The van der Waals surface area contributed by atoms with Crippen molar-refractivity contribution in [3.8, 4) is 0 Å². The molecular weight excluding hydrogens is 1170 g/mol. The molecule has 0 aromatic rings. The van der Waals surface area contributed by atoms with Crippen LogP contribution in [0.25, 0.3) is 0 Å². The first-order chi connectivity index (χ1) is 17.1. The molecule has 39 heavy (non-hydrogen) atoms. The average molecular weight is 1240 g/mol. The summed E-state index contributed by atoms with van der Waals surface area (Å²) >= 11 is 40.3. The predicted molar refractivity (Wildman–Crippen MR) is 211 cm³/mol. The SMILES string of the molecule is CC(C)[S-].CC(C)[S-].CC(C)[S-].CC(C)[S-].CC(C)[S-].CC(C)[S-].CC(C)[SH2+].CC(C)[SH2+].CC(C)[SH2+].[Re]1=[Re]=[Re]=1. The number of hydrogen-bond donors (Lipinski definition) is 0. The fourth-order valence-electron chi connectivity index (χ4n) is 0. The van der Waals surface area contributed by atoms with Crippen LogP contribution in [0.4, 0.5) is 0 Å². The Kier molecular flexibility index (Phi) is 106. The third kappa shape index (κ3) is 1940. The molecule has 0 bridgehead atoms. The van der Waals surface area contributed by atoms with Gasteiger partial charge in [0.1, 0.15) is 15.7 Å². The zero-order chi connectivity index (χ0) is 34.3. The van der Waals surface area contributed by atoms with Crippen LogP contribution >= 0.6 is 0 Å². The second kappa shape index (κ2) is 62.0. The molecule has 255 valence electrons. The van der Waals surface area contributed by atoms with Gasteiger partial charge in [0.05, 0.1) is 0 Å². The van der Waals surface area contributed by atoms with Gasteiger partial charge in [-0.2, -0.15) is 31.5 Å². The van der Waals surface area contributed by atoms with E-state index in [9.17, 15) is 0 Å². The third-order valence-electron chi connectivity index (χ3n) is 0.0540. The molecule has 0 aromatic heterocycles. The number of hydrogen-bond acceptors (Lipinski definition) is 6. The van der Waals surface area contributed by atoms with Crippen molar-refractivity contribution in [2.75, 3.05) is 0 Å². The summed E-state index contributed by atoms with van der Waals surface area (Å²) in [5.41, 5.74) is 0. The quantitative estimate of drug-likeness (QED) is 0.205. The molecule has 0 aliphatic carbocycles. The summed E-state index contributed by atoms with van der Waals surface area (Å²) < 4.78 is 0. The molecule has 1 heterocycles. The van der Waals surface area contributed by atoms with Crippen molar-refractivity contribution in [3.05, 3.63) is 0 Å². The van der Waals surface area contributed by atoms with Crippen molar-refractivity contribution in [1.29, 1.82) is 0 Å². The summed E-state index contributed by atoms with van der Waals surface area (Å²) in [5.74, 6) is 0. The summed E-state index contributed by atoms with van der Waals surface area (Å²) in [4.78, 5) is 0. The van der Waals surface area contributed by atoms with Crippen molar-refractivity contribution in [2.45, 2.75) is 172 Å². The summed E-state index contributed by atoms with van der Waals surface area (Å²) in [7, 11) is 0.